The van der Waals surface area contributed by atoms with Crippen LogP contribution in [-0.2, 0) is 0 Å². The summed E-state index contributed by atoms with van der Waals surface area (Å²) in [5.41, 5.74) is 1.50. The summed E-state index contributed by atoms with van der Waals surface area (Å²) in [7, 11) is 1.66. The standard InChI is InChI=1S/C22H32N2O2/c1-13(2)17-12-24(22(17,14(3)4)15(5)6)21(25)19-11-16-18(23-19)9-8-10-20(16)26-7/h8-11,13-15,17,23H,12H2,1-7H3. The average molecular weight is 357 g/mol. The highest BCUT2D eigenvalue weighted by atomic mass is 16.5. The molecular weight excluding hydrogens is 324 g/mol. The van der Waals surface area contributed by atoms with E-state index in [2.05, 4.69) is 51.4 Å². The first-order valence-electron chi connectivity index (χ1n) is 9.72. The van der Waals surface area contributed by atoms with E-state index in [4.69, 9.17) is 4.74 Å². The zero-order valence-corrected chi connectivity index (χ0v) is 17.1. The minimum Gasteiger partial charge on any atom is -0.496 e. The zero-order chi connectivity index (χ0) is 19.2. The fraction of sp³-hybridized carbons (Fsp3) is 0.591. The normalized spacial score (nSPS) is 19.5. The minimum atomic E-state index is -0.0906. The number of rotatable bonds is 5. The molecule has 2 aromatic rings. The third kappa shape index (κ3) is 2.53. The number of aromatic nitrogens is 1. The Bertz CT molecular complexity index is 796. The van der Waals surface area contributed by atoms with Crippen LogP contribution in [0.2, 0.25) is 0 Å². The van der Waals surface area contributed by atoms with Crippen molar-refractivity contribution in [3.63, 3.8) is 0 Å². The number of ether oxygens (including phenoxy) is 1. The van der Waals surface area contributed by atoms with Crippen LogP contribution in [-0.4, -0.2) is 35.0 Å². The summed E-state index contributed by atoms with van der Waals surface area (Å²) in [5, 5.41) is 0.957. The van der Waals surface area contributed by atoms with Crippen molar-refractivity contribution in [3.05, 3.63) is 30.0 Å². The van der Waals surface area contributed by atoms with Crippen molar-refractivity contribution in [1.82, 2.24) is 9.88 Å². The lowest BCUT2D eigenvalue weighted by Gasteiger charge is -2.65. The zero-order valence-electron chi connectivity index (χ0n) is 17.1. The van der Waals surface area contributed by atoms with Crippen molar-refractivity contribution in [2.45, 2.75) is 47.1 Å². The van der Waals surface area contributed by atoms with Crippen LogP contribution < -0.4 is 4.74 Å². The molecule has 3 rings (SSSR count). The van der Waals surface area contributed by atoms with E-state index in [-0.39, 0.29) is 11.4 Å². The number of carbonyl (C=O) groups is 1. The van der Waals surface area contributed by atoms with Gasteiger partial charge in [0.15, 0.2) is 0 Å². The molecule has 0 spiro atoms. The van der Waals surface area contributed by atoms with Crippen LogP contribution >= 0.6 is 0 Å². The predicted molar refractivity (Wildman–Crippen MR) is 107 cm³/mol. The number of carbonyl (C=O) groups excluding carboxylic acids is 1. The third-order valence-electron chi connectivity index (χ3n) is 6.41. The smallest absolute Gasteiger partial charge is 0.270 e. The first kappa shape index (κ1) is 18.8. The van der Waals surface area contributed by atoms with E-state index in [0.29, 0.717) is 29.4 Å². The number of nitrogens with zero attached hydrogens (tertiary/aromatic N) is 1. The molecule has 1 aliphatic rings. The molecule has 1 aliphatic heterocycles. The fourth-order valence-electron chi connectivity index (χ4n) is 5.30. The van der Waals surface area contributed by atoms with Crippen LogP contribution in [0, 0.1) is 23.7 Å². The van der Waals surface area contributed by atoms with Crippen LogP contribution in [0.3, 0.4) is 0 Å². The number of fused-ring (bicyclic) bond motifs is 1. The molecule has 1 saturated heterocycles. The molecule has 4 nitrogen and oxygen atoms in total. The van der Waals surface area contributed by atoms with Gasteiger partial charge in [0.2, 0.25) is 0 Å². The van der Waals surface area contributed by atoms with E-state index >= 15 is 0 Å². The van der Waals surface area contributed by atoms with Crippen LogP contribution in [0.15, 0.2) is 24.3 Å². The molecule has 1 unspecified atom stereocenters. The largest absolute Gasteiger partial charge is 0.496 e. The molecule has 4 heteroatoms. The minimum absolute atomic E-state index is 0.0906. The first-order chi connectivity index (χ1) is 12.2. The molecule has 1 aromatic heterocycles. The first-order valence-corrected chi connectivity index (χ1v) is 9.72. The molecule has 0 radical (unpaired) electrons. The Morgan fingerprint density at radius 1 is 1.19 bits per heavy atom. The fourth-order valence-corrected chi connectivity index (χ4v) is 5.30. The summed E-state index contributed by atoms with van der Waals surface area (Å²) in [4.78, 5) is 18.9. The van der Waals surface area contributed by atoms with E-state index in [1.54, 1.807) is 7.11 Å². The lowest BCUT2D eigenvalue weighted by atomic mass is 9.57. The second-order valence-corrected chi connectivity index (χ2v) is 8.57. The van der Waals surface area contributed by atoms with E-state index < -0.39 is 0 Å². The topological polar surface area (TPSA) is 45.3 Å². The summed E-state index contributed by atoms with van der Waals surface area (Å²) in [6.45, 7) is 14.4. The van der Waals surface area contributed by atoms with Gasteiger partial charge in [0, 0.05) is 23.4 Å². The second-order valence-electron chi connectivity index (χ2n) is 8.57. The van der Waals surface area contributed by atoms with Crippen molar-refractivity contribution in [3.8, 4) is 5.75 Å². The molecule has 0 aliphatic carbocycles. The molecular formula is C22H32N2O2. The average Bonchev–Trinajstić information content (AvgIpc) is 2.96. The number of hydrogen-bond donors (Lipinski definition) is 1. The molecule has 0 saturated carbocycles. The molecule has 0 bridgehead atoms. The molecule has 26 heavy (non-hydrogen) atoms. The van der Waals surface area contributed by atoms with Crippen LogP contribution in [0.25, 0.3) is 10.9 Å². The quantitative estimate of drug-likeness (QED) is 0.823. The lowest BCUT2D eigenvalue weighted by Crippen LogP contribution is -2.75. The number of hydrogen-bond acceptors (Lipinski definition) is 2. The number of aromatic amines is 1. The molecule has 1 amide bonds. The van der Waals surface area contributed by atoms with Gasteiger partial charge in [0.05, 0.1) is 12.6 Å². The number of nitrogens with one attached hydrogen (secondary N) is 1. The van der Waals surface area contributed by atoms with Gasteiger partial charge in [0.1, 0.15) is 11.4 Å². The number of amides is 1. The number of methoxy groups -OCH3 is 1. The van der Waals surface area contributed by atoms with E-state index in [1.807, 2.05) is 24.3 Å². The van der Waals surface area contributed by atoms with Gasteiger partial charge in [-0.05, 0) is 36.0 Å². The highest BCUT2D eigenvalue weighted by Crippen LogP contribution is 2.51. The van der Waals surface area contributed by atoms with E-state index in [0.717, 1.165) is 23.2 Å². The maximum absolute atomic E-state index is 13.4. The Kier molecular flexibility index (Phi) is 4.80. The highest BCUT2D eigenvalue weighted by Gasteiger charge is 2.59. The van der Waals surface area contributed by atoms with Crippen molar-refractivity contribution >= 4 is 16.8 Å². The Balaban J connectivity index is 2.02. The van der Waals surface area contributed by atoms with Crippen LogP contribution in [0.5, 0.6) is 5.75 Å². The molecule has 2 heterocycles. The Morgan fingerprint density at radius 2 is 1.85 bits per heavy atom. The summed E-state index contributed by atoms with van der Waals surface area (Å²) in [6.07, 6.45) is 0. The van der Waals surface area contributed by atoms with Crippen molar-refractivity contribution in [1.29, 1.82) is 0 Å². The van der Waals surface area contributed by atoms with Gasteiger partial charge in [-0.25, -0.2) is 0 Å². The Labute approximate surface area is 156 Å². The van der Waals surface area contributed by atoms with Gasteiger partial charge >= 0.3 is 0 Å². The molecule has 142 valence electrons. The molecule has 1 aromatic carbocycles. The van der Waals surface area contributed by atoms with Crippen LogP contribution in [0.4, 0.5) is 0 Å². The summed E-state index contributed by atoms with van der Waals surface area (Å²) in [6, 6.07) is 7.79. The number of H-pyrrole nitrogens is 1. The number of likely N-dealkylation sites (tertiary alicyclic amines) is 1. The summed E-state index contributed by atoms with van der Waals surface area (Å²) < 4.78 is 5.44. The predicted octanol–water partition coefficient (Wildman–Crippen LogP) is 4.96. The van der Waals surface area contributed by atoms with Gasteiger partial charge in [0.25, 0.3) is 5.91 Å². The highest BCUT2D eigenvalue weighted by molar-refractivity contribution is 6.00. The van der Waals surface area contributed by atoms with Gasteiger partial charge in [-0.15, -0.1) is 0 Å². The van der Waals surface area contributed by atoms with Crippen molar-refractivity contribution in [2.24, 2.45) is 23.7 Å². The number of benzene rings is 1. The molecule has 1 N–H and O–H groups in total. The second kappa shape index (κ2) is 6.64. The van der Waals surface area contributed by atoms with Crippen molar-refractivity contribution < 1.29 is 9.53 Å². The monoisotopic (exact) mass is 356 g/mol. The van der Waals surface area contributed by atoms with E-state index in [1.165, 1.54) is 0 Å². The summed E-state index contributed by atoms with van der Waals surface area (Å²) in [5.74, 6) is 2.80. The molecule has 1 fully saturated rings. The third-order valence-corrected chi connectivity index (χ3v) is 6.41. The Hall–Kier alpha value is -1.97. The Morgan fingerprint density at radius 3 is 2.38 bits per heavy atom. The maximum Gasteiger partial charge on any atom is 0.270 e. The summed E-state index contributed by atoms with van der Waals surface area (Å²) >= 11 is 0. The van der Waals surface area contributed by atoms with Crippen molar-refractivity contribution in [2.75, 3.05) is 13.7 Å². The van der Waals surface area contributed by atoms with Gasteiger partial charge in [-0.3, -0.25) is 4.79 Å². The van der Waals surface area contributed by atoms with Gasteiger partial charge < -0.3 is 14.6 Å². The maximum atomic E-state index is 13.4. The van der Waals surface area contributed by atoms with Gasteiger partial charge in [-0.2, -0.15) is 0 Å². The van der Waals surface area contributed by atoms with Crippen LogP contribution in [0.1, 0.15) is 52.0 Å². The van der Waals surface area contributed by atoms with E-state index in [9.17, 15) is 4.79 Å². The SMILES string of the molecule is COc1cccc2[nH]c(C(=O)N3CC(C(C)C)C3(C(C)C)C(C)C)cc12. The lowest BCUT2D eigenvalue weighted by molar-refractivity contribution is -0.132. The van der Waals surface area contributed by atoms with Gasteiger partial charge in [-0.1, -0.05) is 47.6 Å². The molecule has 1 atom stereocenters.